The van der Waals surface area contributed by atoms with Gasteiger partial charge in [0.05, 0.1) is 5.69 Å². The number of carboxylic acids is 1. The highest BCUT2D eigenvalue weighted by molar-refractivity contribution is 5.97. The molecule has 0 fully saturated rings. The Bertz CT molecular complexity index is 465. The number of carbonyl (C=O) groups excluding carboxylic acids is 1. The third kappa shape index (κ3) is 3.56. The van der Waals surface area contributed by atoms with Crippen LogP contribution in [0.5, 0.6) is 0 Å². The zero-order valence-corrected chi connectivity index (χ0v) is 11.8. The van der Waals surface area contributed by atoms with Crippen LogP contribution in [0.2, 0.25) is 0 Å². The summed E-state index contributed by atoms with van der Waals surface area (Å²) in [5, 5.41) is 12.7. The Morgan fingerprint density at radius 1 is 1.42 bits per heavy atom. The lowest BCUT2D eigenvalue weighted by Crippen LogP contribution is -2.36. The summed E-state index contributed by atoms with van der Waals surface area (Å²) < 4.78 is 5.17. The Morgan fingerprint density at radius 2 is 2.05 bits per heavy atom. The van der Waals surface area contributed by atoms with Gasteiger partial charge in [-0.2, -0.15) is 0 Å². The molecular formula is C13H20N2O4. The molecule has 0 aliphatic heterocycles. The second-order valence-corrected chi connectivity index (χ2v) is 4.78. The van der Waals surface area contributed by atoms with E-state index in [1.807, 2.05) is 20.8 Å². The van der Waals surface area contributed by atoms with Crippen molar-refractivity contribution in [3.63, 3.8) is 0 Å². The highest BCUT2D eigenvalue weighted by atomic mass is 16.5. The van der Waals surface area contributed by atoms with Gasteiger partial charge in [-0.3, -0.25) is 9.59 Å². The van der Waals surface area contributed by atoms with Crippen LogP contribution < -0.4 is 0 Å². The predicted molar refractivity (Wildman–Crippen MR) is 69.2 cm³/mol. The van der Waals surface area contributed by atoms with Gasteiger partial charge < -0.3 is 14.5 Å². The monoisotopic (exact) mass is 268 g/mol. The fourth-order valence-corrected chi connectivity index (χ4v) is 1.89. The molecule has 0 saturated carbocycles. The Kier molecular flexibility index (Phi) is 5.09. The Morgan fingerprint density at radius 3 is 2.53 bits per heavy atom. The number of hydrogen-bond acceptors (Lipinski definition) is 4. The molecule has 1 heterocycles. The molecule has 0 atom stereocenters. The summed E-state index contributed by atoms with van der Waals surface area (Å²) in [5.41, 5.74) is 0.893. The fourth-order valence-electron chi connectivity index (χ4n) is 1.89. The van der Waals surface area contributed by atoms with E-state index < -0.39 is 5.97 Å². The van der Waals surface area contributed by atoms with Crippen molar-refractivity contribution in [2.45, 2.75) is 40.0 Å². The van der Waals surface area contributed by atoms with Crippen LogP contribution in [0.25, 0.3) is 0 Å². The van der Waals surface area contributed by atoms with E-state index in [2.05, 4.69) is 5.16 Å². The molecule has 0 bridgehead atoms. The largest absolute Gasteiger partial charge is 0.480 e. The van der Waals surface area contributed by atoms with E-state index in [4.69, 9.17) is 9.63 Å². The molecule has 1 amide bonds. The number of hydrogen-bond donors (Lipinski definition) is 1. The number of carbonyl (C=O) groups is 2. The molecule has 6 heteroatoms. The molecule has 1 N–H and O–H groups in total. The van der Waals surface area contributed by atoms with Crippen molar-refractivity contribution in [1.82, 2.24) is 10.1 Å². The second-order valence-electron chi connectivity index (χ2n) is 4.78. The van der Waals surface area contributed by atoms with Crippen LogP contribution in [0.1, 0.15) is 54.9 Å². The van der Waals surface area contributed by atoms with Crippen molar-refractivity contribution >= 4 is 11.9 Å². The number of aromatic nitrogens is 1. The number of nitrogens with zero attached hydrogens (tertiary/aromatic N) is 2. The van der Waals surface area contributed by atoms with Crippen molar-refractivity contribution in [1.29, 1.82) is 0 Å². The summed E-state index contributed by atoms with van der Waals surface area (Å²) in [7, 11) is 0. The Balaban J connectivity index is 3.08. The third-order valence-electron chi connectivity index (χ3n) is 2.73. The van der Waals surface area contributed by atoms with E-state index >= 15 is 0 Å². The minimum atomic E-state index is -1.03. The first-order valence-electron chi connectivity index (χ1n) is 6.35. The van der Waals surface area contributed by atoms with Crippen LogP contribution in [0.4, 0.5) is 0 Å². The molecule has 1 rings (SSSR count). The number of aryl methyl sites for hydroxylation is 1. The summed E-state index contributed by atoms with van der Waals surface area (Å²) in [5.74, 6) is -0.823. The van der Waals surface area contributed by atoms with Gasteiger partial charge in [0.1, 0.15) is 12.1 Å². The van der Waals surface area contributed by atoms with Gasteiger partial charge in [0, 0.05) is 12.5 Å². The highest BCUT2D eigenvalue weighted by Gasteiger charge is 2.27. The van der Waals surface area contributed by atoms with Gasteiger partial charge in [-0.05, 0) is 13.3 Å². The van der Waals surface area contributed by atoms with E-state index in [9.17, 15) is 9.59 Å². The smallest absolute Gasteiger partial charge is 0.323 e. The first kappa shape index (κ1) is 15.2. The molecule has 0 saturated heterocycles. The number of aliphatic carboxylic acids is 1. The normalized spacial score (nSPS) is 10.8. The van der Waals surface area contributed by atoms with Crippen molar-refractivity contribution in [3.8, 4) is 0 Å². The van der Waals surface area contributed by atoms with Gasteiger partial charge in [0.2, 0.25) is 0 Å². The molecule has 0 spiro atoms. The molecule has 1 aromatic rings. The van der Waals surface area contributed by atoms with Crippen molar-refractivity contribution in [3.05, 3.63) is 17.0 Å². The molecule has 1 aromatic heterocycles. The van der Waals surface area contributed by atoms with Gasteiger partial charge in [0.25, 0.3) is 5.91 Å². The zero-order chi connectivity index (χ0) is 14.6. The average Bonchev–Trinajstić information content (AvgIpc) is 2.69. The fraction of sp³-hybridized carbons (Fsp3) is 0.615. The standard InChI is InChI=1S/C13H20N2O4/c1-5-6-15(7-10(16)17)13(18)11-9(4)14-19-12(11)8(2)3/h8H,5-7H2,1-4H3,(H,16,17). The van der Waals surface area contributed by atoms with Crippen LogP contribution in [0, 0.1) is 6.92 Å². The Labute approximate surface area is 112 Å². The molecule has 106 valence electrons. The van der Waals surface area contributed by atoms with E-state index in [1.54, 1.807) is 6.92 Å². The van der Waals surface area contributed by atoms with Crippen molar-refractivity contribution in [2.75, 3.05) is 13.1 Å². The molecule has 0 aliphatic carbocycles. The van der Waals surface area contributed by atoms with Gasteiger partial charge in [-0.15, -0.1) is 0 Å². The van der Waals surface area contributed by atoms with Gasteiger partial charge in [-0.25, -0.2) is 0 Å². The molecule has 0 aliphatic rings. The lowest BCUT2D eigenvalue weighted by molar-refractivity contribution is -0.137. The van der Waals surface area contributed by atoms with E-state index in [0.717, 1.165) is 0 Å². The summed E-state index contributed by atoms with van der Waals surface area (Å²) >= 11 is 0. The number of rotatable bonds is 6. The molecule has 0 unspecified atom stereocenters. The van der Waals surface area contributed by atoms with Crippen LogP contribution >= 0.6 is 0 Å². The van der Waals surface area contributed by atoms with Gasteiger partial charge in [0.15, 0.2) is 5.76 Å². The maximum Gasteiger partial charge on any atom is 0.323 e. The van der Waals surface area contributed by atoms with Crippen LogP contribution in [-0.4, -0.2) is 40.1 Å². The SMILES string of the molecule is CCCN(CC(=O)O)C(=O)c1c(C)noc1C(C)C. The summed E-state index contributed by atoms with van der Waals surface area (Å²) in [4.78, 5) is 24.6. The maximum absolute atomic E-state index is 12.4. The highest BCUT2D eigenvalue weighted by Crippen LogP contribution is 2.23. The quantitative estimate of drug-likeness (QED) is 0.853. The third-order valence-corrected chi connectivity index (χ3v) is 2.73. The van der Waals surface area contributed by atoms with Crippen molar-refractivity contribution in [2.24, 2.45) is 0 Å². The van der Waals surface area contributed by atoms with E-state index in [-0.39, 0.29) is 18.4 Å². The minimum absolute atomic E-state index is 0.0217. The number of carboxylic acid groups (broad SMARTS) is 1. The topological polar surface area (TPSA) is 83.6 Å². The minimum Gasteiger partial charge on any atom is -0.480 e. The number of amides is 1. The van der Waals surface area contributed by atoms with Crippen LogP contribution in [-0.2, 0) is 4.79 Å². The first-order valence-corrected chi connectivity index (χ1v) is 6.35. The summed E-state index contributed by atoms with van der Waals surface area (Å²) in [6.07, 6.45) is 0.695. The van der Waals surface area contributed by atoms with Gasteiger partial charge in [-0.1, -0.05) is 25.9 Å². The van der Waals surface area contributed by atoms with Crippen LogP contribution in [0.15, 0.2) is 4.52 Å². The maximum atomic E-state index is 12.4. The molecule has 0 radical (unpaired) electrons. The van der Waals surface area contributed by atoms with E-state index in [0.29, 0.717) is 30.0 Å². The Hall–Kier alpha value is -1.85. The van der Waals surface area contributed by atoms with E-state index in [1.165, 1.54) is 4.90 Å². The lowest BCUT2D eigenvalue weighted by Gasteiger charge is -2.20. The molecule has 19 heavy (non-hydrogen) atoms. The molecule has 0 aromatic carbocycles. The summed E-state index contributed by atoms with van der Waals surface area (Å²) in [6, 6.07) is 0. The molecular weight excluding hydrogens is 248 g/mol. The predicted octanol–water partition coefficient (Wildman–Crippen LogP) is 2.04. The molecule has 6 nitrogen and oxygen atoms in total. The van der Waals surface area contributed by atoms with Gasteiger partial charge >= 0.3 is 5.97 Å². The second kappa shape index (κ2) is 6.36. The first-order chi connectivity index (χ1) is 8.88. The lowest BCUT2D eigenvalue weighted by atomic mass is 10.0. The average molecular weight is 268 g/mol. The van der Waals surface area contributed by atoms with Crippen molar-refractivity contribution < 1.29 is 19.2 Å². The summed E-state index contributed by atoms with van der Waals surface area (Å²) in [6.45, 7) is 7.47. The zero-order valence-electron chi connectivity index (χ0n) is 11.8. The van der Waals surface area contributed by atoms with Crippen LogP contribution in [0.3, 0.4) is 0 Å².